The van der Waals surface area contributed by atoms with Gasteiger partial charge in [-0.25, -0.2) is 0 Å². The number of allylic oxidation sites excluding steroid dienone is 5. The van der Waals surface area contributed by atoms with Gasteiger partial charge in [-0.1, -0.05) is 40.1 Å². The zero-order valence-corrected chi connectivity index (χ0v) is 7.16. The lowest BCUT2D eigenvalue weighted by Gasteiger charge is -1.89. The second-order valence-corrected chi connectivity index (χ2v) is 2.24. The Morgan fingerprint density at radius 1 is 1.60 bits per heavy atom. The van der Waals surface area contributed by atoms with E-state index in [9.17, 15) is 4.79 Å². The Morgan fingerprint density at radius 3 is 2.50 bits per heavy atom. The molecule has 0 bridgehead atoms. The monoisotopic (exact) mass is 154 g/mol. The van der Waals surface area contributed by atoms with Crippen LogP contribution in [0.1, 0.15) is 6.92 Å². The van der Waals surface area contributed by atoms with Crippen LogP contribution in [0.5, 0.6) is 0 Å². The highest BCUT2D eigenvalue weighted by atomic mass is 31.0. The molecule has 0 saturated carbocycles. The third-order valence-corrected chi connectivity index (χ3v) is 1.31. The standard InChI is InChI=1S/C8H11OP/c1-3-5-6-7(4-2)8(9)10/h3-6H,2,10H2,1H3/b5-3-,7-6+. The largest absolute Gasteiger partial charge is 0.290 e. The van der Waals surface area contributed by atoms with Crippen LogP contribution in [-0.2, 0) is 4.79 Å². The van der Waals surface area contributed by atoms with Crippen molar-refractivity contribution < 1.29 is 4.79 Å². The summed E-state index contributed by atoms with van der Waals surface area (Å²) < 4.78 is 0. The van der Waals surface area contributed by atoms with Crippen LogP contribution >= 0.6 is 9.24 Å². The Balaban J connectivity index is 4.33. The summed E-state index contributed by atoms with van der Waals surface area (Å²) >= 11 is 0. The lowest BCUT2D eigenvalue weighted by Crippen LogP contribution is -1.86. The summed E-state index contributed by atoms with van der Waals surface area (Å²) in [5.74, 6) is 0. The molecule has 0 aromatic rings. The molecule has 0 radical (unpaired) electrons. The summed E-state index contributed by atoms with van der Waals surface area (Å²) in [6, 6.07) is 0. The Labute approximate surface area is 63.7 Å². The number of rotatable bonds is 3. The zero-order valence-electron chi connectivity index (χ0n) is 6.00. The van der Waals surface area contributed by atoms with Gasteiger partial charge in [-0.3, -0.25) is 4.79 Å². The minimum atomic E-state index is -0.0342. The molecular weight excluding hydrogens is 143 g/mol. The van der Waals surface area contributed by atoms with Gasteiger partial charge in [-0.05, 0) is 6.92 Å². The van der Waals surface area contributed by atoms with Crippen LogP contribution in [0.3, 0.4) is 0 Å². The molecule has 1 nitrogen and oxygen atoms in total. The zero-order chi connectivity index (χ0) is 7.98. The molecule has 0 aliphatic rings. The molecule has 0 saturated heterocycles. The molecule has 0 aromatic heterocycles. The molecule has 0 heterocycles. The van der Waals surface area contributed by atoms with Crippen molar-refractivity contribution in [1.29, 1.82) is 0 Å². The van der Waals surface area contributed by atoms with E-state index in [0.717, 1.165) is 0 Å². The molecule has 0 N–H and O–H groups in total. The molecule has 0 fully saturated rings. The molecule has 0 amide bonds. The van der Waals surface area contributed by atoms with E-state index in [1.807, 2.05) is 13.0 Å². The summed E-state index contributed by atoms with van der Waals surface area (Å²) in [6.07, 6.45) is 6.92. The van der Waals surface area contributed by atoms with Crippen LogP contribution < -0.4 is 0 Å². The topological polar surface area (TPSA) is 17.1 Å². The van der Waals surface area contributed by atoms with E-state index >= 15 is 0 Å². The van der Waals surface area contributed by atoms with E-state index in [-0.39, 0.29) is 5.52 Å². The fourth-order valence-corrected chi connectivity index (χ4v) is 0.665. The average molecular weight is 154 g/mol. The quantitative estimate of drug-likeness (QED) is 0.345. The molecule has 54 valence electrons. The SMILES string of the molecule is C=C/C(=C\C=C/C)C(=O)P. The molecule has 1 atom stereocenters. The highest BCUT2D eigenvalue weighted by molar-refractivity contribution is 7.41. The third kappa shape index (κ3) is 3.37. The van der Waals surface area contributed by atoms with Crippen molar-refractivity contribution in [2.75, 3.05) is 0 Å². The minimum absolute atomic E-state index is 0.0342. The van der Waals surface area contributed by atoms with Crippen LogP contribution in [0.4, 0.5) is 0 Å². The van der Waals surface area contributed by atoms with E-state index < -0.39 is 0 Å². The number of carbonyl (C=O) groups is 1. The Morgan fingerprint density at radius 2 is 2.20 bits per heavy atom. The van der Waals surface area contributed by atoms with Gasteiger partial charge in [0, 0.05) is 5.57 Å². The first kappa shape index (κ1) is 9.32. The van der Waals surface area contributed by atoms with Gasteiger partial charge < -0.3 is 0 Å². The van der Waals surface area contributed by atoms with Crippen molar-refractivity contribution in [3.05, 3.63) is 36.5 Å². The molecule has 0 aromatic carbocycles. The Kier molecular flexibility index (Phi) is 4.78. The van der Waals surface area contributed by atoms with Gasteiger partial charge in [-0.15, -0.1) is 0 Å². The molecule has 10 heavy (non-hydrogen) atoms. The predicted octanol–water partition coefficient (Wildman–Crippen LogP) is 2.08. The molecule has 0 aliphatic heterocycles. The second-order valence-electron chi connectivity index (χ2n) is 1.72. The van der Waals surface area contributed by atoms with Gasteiger partial charge >= 0.3 is 0 Å². The number of hydrogen-bond donors (Lipinski definition) is 0. The molecule has 0 spiro atoms. The van der Waals surface area contributed by atoms with E-state index in [0.29, 0.717) is 5.57 Å². The van der Waals surface area contributed by atoms with Crippen molar-refractivity contribution >= 4 is 14.8 Å². The fraction of sp³-hybridized carbons (Fsp3) is 0.125. The van der Waals surface area contributed by atoms with E-state index in [1.54, 1.807) is 12.2 Å². The fourth-order valence-electron chi connectivity index (χ4n) is 0.451. The first-order valence-electron chi connectivity index (χ1n) is 2.97. The van der Waals surface area contributed by atoms with E-state index in [4.69, 9.17) is 0 Å². The first-order valence-corrected chi connectivity index (χ1v) is 3.55. The minimum Gasteiger partial charge on any atom is -0.290 e. The molecule has 0 rings (SSSR count). The number of hydrogen-bond acceptors (Lipinski definition) is 1. The highest BCUT2D eigenvalue weighted by Crippen LogP contribution is 2.03. The van der Waals surface area contributed by atoms with Gasteiger partial charge in [0.25, 0.3) is 0 Å². The van der Waals surface area contributed by atoms with Gasteiger partial charge in [-0.2, -0.15) is 0 Å². The van der Waals surface area contributed by atoms with Gasteiger partial charge in [0.2, 0.25) is 0 Å². The van der Waals surface area contributed by atoms with Crippen molar-refractivity contribution in [2.45, 2.75) is 6.92 Å². The smallest absolute Gasteiger partial charge is 0.178 e. The summed E-state index contributed by atoms with van der Waals surface area (Å²) in [4.78, 5) is 10.7. The maximum absolute atomic E-state index is 10.7. The van der Waals surface area contributed by atoms with Gasteiger partial charge in [0.05, 0.1) is 0 Å². The Hall–Kier alpha value is -0.680. The summed E-state index contributed by atoms with van der Waals surface area (Å²) in [5, 5.41) is 0. The van der Waals surface area contributed by atoms with Crippen LogP contribution in [-0.4, -0.2) is 5.52 Å². The maximum Gasteiger partial charge on any atom is 0.178 e. The van der Waals surface area contributed by atoms with Crippen LogP contribution in [0.2, 0.25) is 0 Å². The van der Waals surface area contributed by atoms with Crippen molar-refractivity contribution in [3.63, 3.8) is 0 Å². The van der Waals surface area contributed by atoms with E-state index in [1.165, 1.54) is 6.08 Å². The average Bonchev–Trinajstić information content (AvgIpc) is 1.89. The van der Waals surface area contributed by atoms with Crippen molar-refractivity contribution in [3.8, 4) is 0 Å². The van der Waals surface area contributed by atoms with Gasteiger partial charge in [0.1, 0.15) is 0 Å². The third-order valence-electron chi connectivity index (χ3n) is 0.973. The Bertz CT molecular complexity index is 189. The molecular formula is C8H11OP. The maximum atomic E-state index is 10.7. The molecule has 2 heteroatoms. The lowest BCUT2D eigenvalue weighted by atomic mass is 10.2. The highest BCUT2D eigenvalue weighted by Gasteiger charge is 1.93. The summed E-state index contributed by atoms with van der Waals surface area (Å²) in [7, 11) is 2.10. The number of carbonyl (C=O) groups excluding carboxylic acids is 1. The first-order chi connectivity index (χ1) is 4.72. The van der Waals surface area contributed by atoms with Crippen molar-refractivity contribution in [2.24, 2.45) is 0 Å². The van der Waals surface area contributed by atoms with Crippen molar-refractivity contribution in [1.82, 2.24) is 0 Å². The van der Waals surface area contributed by atoms with Crippen LogP contribution in [0, 0.1) is 0 Å². The summed E-state index contributed by atoms with van der Waals surface area (Å²) in [6.45, 7) is 5.39. The van der Waals surface area contributed by atoms with E-state index in [2.05, 4.69) is 15.8 Å². The predicted molar refractivity (Wildman–Crippen MR) is 47.8 cm³/mol. The van der Waals surface area contributed by atoms with Crippen LogP contribution in [0.25, 0.3) is 0 Å². The van der Waals surface area contributed by atoms with Gasteiger partial charge in [0.15, 0.2) is 5.52 Å². The van der Waals surface area contributed by atoms with Crippen LogP contribution in [0.15, 0.2) is 36.5 Å². The lowest BCUT2D eigenvalue weighted by molar-refractivity contribution is -0.107. The summed E-state index contributed by atoms with van der Waals surface area (Å²) in [5.41, 5.74) is 0.580. The second kappa shape index (κ2) is 5.13. The molecule has 0 aliphatic carbocycles. The normalized spacial score (nSPS) is 12.0. The molecule has 1 unspecified atom stereocenters.